The van der Waals surface area contributed by atoms with Crippen LogP contribution in [-0.4, -0.2) is 25.7 Å². The van der Waals surface area contributed by atoms with Gasteiger partial charge < -0.3 is 15.8 Å². The zero-order valence-electron chi connectivity index (χ0n) is 9.16. The van der Waals surface area contributed by atoms with E-state index in [1.807, 2.05) is 0 Å². The highest BCUT2D eigenvalue weighted by atomic mass is 19.1. The van der Waals surface area contributed by atoms with Crippen LogP contribution in [0.15, 0.2) is 24.3 Å². The molecule has 16 heavy (non-hydrogen) atoms. The minimum absolute atomic E-state index is 0.0328. The van der Waals surface area contributed by atoms with E-state index in [-0.39, 0.29) is 17.6 Å². The third kappa shape index (κ3) is 2.71. The van der Waals surface area contributed by atoms with Crippen molar-refractivity contribution in [3.8, 4) is 5.75 Å². The van der Waals surface area contributed by atoms with Gasteiger partial charge in [0, 0.05) is 6.04 Å². The summed E-state index contributed by atoms with van der Waals surface area (Å²) >= 11 is 0. The molecular formula is C12H17FN2O. The Balaban J connectivity index is 1.84. The molecule has 0 aliphatic carbocycles. The summed E-state index contributed by atoms with van der Waals surface area (Å²) in [4.78, 5) is 0. The summed E-state index contributed by atoms with van der Waals surface area (Å²) in [7, 11) is 0. The first-order valence-electron chi connectivity index (χ1n) is 5.61. The van der Waals surface area contributed by atoms with Gasteiger partial charge in [-0.15, -0.1) is 0 Å². The number of nitrogens with two attached hydrogens (primary N) is 1. The molecule has 3 N–H and O–H groups in total. The fourth-order valence-corrected chi connectivity index (χ4v) is 1.93. The average Bonchev–Trinajstić information content (AvgIpc) is 2.81. The third-order valence-electron chi connectivity index (χ3n) is 2.97. The molecule has 2 atom stereocenters. The van der Waals surface area contributed by atoms with Crippen LogP contribution in [0.3, 0.4) is 0 Å². The van der Waals surface area contributed by atoms with Crippen molar-refractivity contribution in [2.24, 2.45) is 11.7 Å². The monoisotopic (exact) mass is 224 g/mol. The number of nitrogens with one attached hydrogen (secondary N) is 1. The van der Waals surface area contributed by atoms with E-state index in [9.17, 15) is 4.39 Å². The largest absolute Gasteiger partial charge is 0.489 e. The molecule has 1 aromatic rings. The number of halogens is 1. The van der Waals surface area contributed by atoms with Gasteiger partial charge in [-0.05, 0) is 37.6 Å². The molecule has 0 bridgehead atoms. The van der Waals surface area contributed by atoms with Gasteiger partial charge in [0.05, 0.1) is 0 Å². The predicted octanol–water partition coefficient (Wildman–Crippen LogP) is 1.14. The second kappa shape index (κ2) is 5.27. The Kier molecular flexibility index (Phi) is 3.74. The van der Waals surface area contributed by atoms with Crippen molar-refractivity contribution in [1.29, 1.82) is 0 Å². The van der Waals surface area contributed by atoms with Gasteiger partial charge in [-0.2, -0.15) is 0 Å². The predicted molar refractivity (Wildman–Crippen MR) is 60.8 cm³/mol. The fraction of sp³-hybridized carbons (Fsp3) is 0.500. The Hall–Kier alpha value is -1.13. The summed E-state index contributed by atoms with van der Waals surface area (Å²) in [5.74, 6) is 0.384. The number of para-hydroxylation sites is 1. The van der Waals surface area contributed by atoms with Crippen LogP contribution in [0.25, 0.3) is 0 Å². The molecule has 0 radical (unpaired) electrons. The normalized spacial score (nSPS) is 22.0. The van der Waals surface area contributed by atoms with Crippen LogP contribution < -0.4 is 15.8 Å². The lowest BCUT2D eigenvalue weighted by Gasteiger charge is -2.18. The maximum Gasteiger partial charge on any atom is 0.165 e. The first-order valence-corrected chi connectivity index (χ1v) is 5.61. The lowest BCUT2D eigenvalue weighted by atomic mass is 10.0. The molecule has 2 rings (SSSR count). The highest BCUT2D eigenvalue weighted by molar-refractivity contribution is 5.23. The van der Waals surface area contributed by atoms with E-state index in [2.05, 4.69) is 5.32 Å². The second-order valence-corrected chi connectivity index (χ2v) is 4.16. The van der Waals surface area contributed by atoms with Crippen LogP contribution in [0.1, 0.15) is 6.42 Å². The third-order valence-corrected chi connectivity index (χ3v) is 2.97. The molecule has 1 aliphatic rings. The van der Waals surface area contributed by atoms with Crippen LogP contribution in [0.5, 0.6) is 5.75 Å². The van der Waals surface area contributed by atoms with Crippen molar-refractivity contribution in [1.82, 2.24) is 5.32 Å². The van der Waals surface area contributed by atoms with Crippen molar-refractivity contribution >= 4 is 0 Å². The Bertz CT molecular complexity index is 340. The Morgan fingerprint density at radius 3 is 3.00 bits per heavy atom. The molecule has 88 valence electrons. The first kappa shape index (κ1) is 11.4. The minimum atomic E-state index is -0.334. The van der Waals surface area contributed by atoms with E-state index in [0.717, 1.165) is 19.5 Å². The summed E-state index contributed by atoms with van der Waals surface area (Å²) in [6.07, 6.45) is 1.07. The zero-order valence-corrected chi connectivity index (χ0v) is 9.16. The molecular weight excluding hydrogens is 207 g/mol. The van der Waals surface area contributed by atoms with Gasteiger partial charge in [0.15, 0.2) is 11.6 Å². The summed E-state index contributed by atoms with van der Waals surface area (Å²) < 4.78 is 18.6. The Morgan fingerprint density at radius 2 is 2.31 bits per heavy atom. The first-order chi connectivity index (χ1) is 7.77. The van der Waals surface area contributed by atoms with E-state index in [1.165, 1.54) is 6.07 Å². The quantitative estimate of drug-likeness (QED) is 0.806. The van der Waals surface area contributed by atoms with Crippen molar-refractivity contribution < 1.29 is 9.13 Å². The Labute approximate surface area is 94.8 Å². The number of benzene rings is 1. The lowest BCUT2D eigenvalue weighted by molar-refractivity contribution is 0.243. The van der Waals surface area contributed by atoms with E-state index in [1.54, 1.807) is 18.2 Å². The van der Waals surface area contributed by atoms with Gasteiger partial charge in [0.1, 0.15) is 6.61 Å². The van der Waals surface area contributed by atoms with Gasteiger partial charge in [0.25, 0.3) is 0 Å². The van der Waals surface area contributed by atoms with Crippen molar-refractivity contribution in [2.45, 2.75) is 12.5 Å². The molecule has 3 nitrogen and oxygen atoms in total. The molecule has 1 aliphatic heterocycles. The Morgan fingerprint density at radius 1 is 1.50 bits per heavy atom. The van der Waals surface area contributed by atoms with Crippen molar-refractivity contribution in [2.75, 3.05) is 19.7 Å². The van der Waals surface area contributed by atoms with Gasteiger partial charge in [-0.1, -0.05) is 12.1 Å². The standard InChI is InChI=1S/C12H17FN2O/c13-10-3-1-2-4-12(10)16-8-11(14)9-5-6-15-7-9/h1-4,9,11,15H,5-8,14H2. The maximum atomic E-state index is 13.2. The number of hydrogen-bond acceptors (Lipinski definition) is 3. The average molecular weight is 224 g/mol. The van der Waals surface area contributed by atoms with Crippen LogP contribution in [0.2, 0.25) is 0 Å². The van der Waals surface area contributed by atoms with Gasteiger partial charge >= 0.3 is 0 Å². The SMILES string of the molecule is NC(COc1ccccc1F)C1CCNC1. The van der Waals surface area contributed by atoms with Crippen LogP contribution >= 0.6 is 0 Å². The molecule has 0 aromatic heterocycles. The van der Waals surface area contributed by atoms with E-state index in [4.69, 9.17) is 10.5 Å². The number of hydrogen-bond donors (Lipinski definition) is 2. The van der Waals surface area contributed by atoms with E-state index < -0.39 is 0 Å². The van der Waals surface area contributed by atoms with E-state index in [0.29, 0.717) is 12.5 Å². The molecule has 0 amide bonds. The number of ether oxygens (including phenoxy) is 1. The molecule has 4 heteroatoms. The van der Waals surface area contributed by atoms with Gasteiger partial charge in [-0.25, -0.2) is 4.39 Å². The summed E-state index contributed by atoms with van der Waals surface area (Å²) in [6, 6.07) is 6.37. The van der Waals surface area contributed by atoms with Crippen LogP contribution in [0.4, 0.5) is 4.39 Å². The molecule has 2 unspecified atom stereocenters. The fourth-order valence-electron chi connectivity index (χ4n) is 1.93. The highest BCUT2D eigenvalue weighted by Crippen LogP contribution is 2.17. The maximum absolute atomic E-state index is 13.2. The van der Waals surface area contributed by atoms with Gasteiger partial charge in [-0.3, -0.25) is 0 Å². The van der Waals surface area contributed by atoms with E-state index >= 15 is 0 Å². The molecule has 1 saturated heterocycles. The summed E-state index contributed by atoms with van der Waals surface area (Å²) in [5.41, 5.74) is 5.99. The van der Waals surface area contributed by atoms with Crippen LogP contribution in [0, 0.1) is 11.7 Å². The molecule has 1 fully saturated rings. The molecule has 0 spiro atoms. The molecule has 0 saturated carbocycles. The lowest BCUT2D eigenvalue weighted by Crippen LogP contribution is -2.37. The number of rotatable bonds is 4. The van der Waals surface area contributed by atoms with Crippen molar-refractivity contribution in [3.63, 3.8) is 0 Å². The summed E-state index contributed by atoms with van der Waals surface area (Å²) in [6.45, 7) is 2.31. The van der Waals surface area contributed by atoms with Crippen LogP contribution in [-0.2, 0) is 0 Å². The molecule has 1 aromatic carbocycles. The minimum Gasteiger partial charge on any atom is -0.489 e. The smallest absolute Gasteiger partial charge is 0.165 e. The topological polar surface area (TPSA) is 47.3 Å². The highest BCUT2D eigenvalue weighted by Gasteiger charge is 2.22. The zero-order chi connectivity index (χ0) is 11.4. The second-order valence-electron chi connectivity index (χ2n) is 4.16. The van der Waals surface area contributed by atoms with Crippen molar-refractivity contribution in [3.05, 3.63) is 30.1 Å². The van der Waals surface area contributed by atoms with Gasteiger partial charge in [0.2, 0.25) is 0 Å². The molecule has 1 heterocycles. The summed E-state index contributed by atoms with van der Waals surface area (Å²) in [5, 5.41) is 3.25.